The molecule has 0 atom stereocenters. The predicted molar refractivity (Wildman–Crippen MR) is 105 cm³/mol. The van der Waals surface area contributed by atoms with Gasteiger partial charge in [-0.2, -0.15) is 17.5 Å². The molecule has 2 aromatic rings. The van der Waals surface area contributed by atoms with Gasteiger partial charge < -0.3 is 0 Å². The van der Waals surface area contributed by atoms with Crippen molar-refractivity contribution in [3.8, 4) is 0 Å². The summed E-state index contributed by atoms with van der Waals surface area (Å²) in [7, 11) is -3.65. The van der Waals surface area contributed by atoms with Crippen molar-refractivity contribution < 1.29 is 31.2 Å². The number of piperidine rings is 1. The molecule has 166 valence electrons. The molecule has 31 heavy (non-hydrogen) atoms. The Hall–Kier alpha value is -2.92. The number of carbonyl (C=O) groups is 2. The number of hydrogen-bond acceptors (Lipinski definition) is 4. The molecule has 0 aliphatic carbocycles. The van der Waals surface area contributed by atoms with E-state index in [-0.39, 0.29) is 36.4 Å². The van der Waals surface area contributed by atoms with E-state index in [4.69, 9.17) is 0 Å². The highest BCUT2D eigenvalue weighted by Gasteiger charge is 2.33. The molecule has 2 amide bonds. The summed E-state index contributed by atoms with van der Waals surface area (Å²) < 4.78 is 64.8. The van der Waals surface area contributed by atoms with E-state index in [0.29, 0.717) is 6.07 Å². The van der Waals surface area contributed by atoms with Gasteiger partial charge in [0.25, 0.3) is 5.91 Å². The lowest BCUT2D eigenvalue weighted by Gasteiger charge is -2.30. The summed E-state index contributed by atoms with van der Waals surface area (Å²) in [4.78, 5) is 24.6. The van der Waals surface area contributed by atoms with E-state index >= 15 is 0 Å². The van der Waals surface area contributed by atoms with E-state index in [2.05, 4.69) is 10.9 Å². The van der Waals surface area contributed by atoms with Gasteiger partial charge in [0.2, 0.25) is 15.9 Å². The Balaban J connectivity index is 1.53. The van der Waals surface area contributed by atoms with Crippen LogP contribution in [-0.2, 0) is 21.0 Å². The SMILES string of the molecule is O=C(NNC(=O)C1CCN(S(=O)(=O)c2ccccc2)CC1)c1cccc(C(F)(F)F)c1. The fourth-order valence-corrected chi connectivity index (χ4v) is 4.72. The zero-order valence-corrected chi connectivity index (χ0v) is 17.0. The molecule has 1 fully saturated rings. The third kappa shape index (κ3) is 5.42. The molecule has 2 aromatic carbocycles. The van der Waals surface area contributed by atoms with Crippen LogP contribution >= 0.6 is 0 Å². The van der Waals surface area contributed by atoms with Crippen LogP contribution in [0, 0.1) is 5.92 Å². The molecule has 0 bridgehead atoms. The molecular formula is C20H20F3N3O4S. The predicted octanol–water partition coefficient (Wildman–Crippen LogP) is 2.57. The second-order valence-electron chi connectivity index (χ2n) is 7.01. The van der Waals surface area contributed by atoms with Crippen LogP contribution in [0.1, 0.15) is 28.8 Å². The summed E-state index contributed by atoms with van der Waals surface area (Å²) in [5.41, 5.74) is 3.09. The zero-order chi connectivity index (χ0) is 22.6. The first-order valence-corrected chi connectivity index (χ1v) is 10.9. The van der Waals surface area contributed by atoms with Crippen LogP contribution in [0.15, 0.2) is 59.5 Å². The Morgan fingerprint density at radius 1 is 0.935 bits per heavy atom. The number of carbonyl (C=O) groups excluding carboxylic acids is 2. The third-order valence-corrected chi connectivity index (χ3v) is 6.87. The summed E-state index contributed by atoms with van der Waals surface area (Å²) in [6, 6.07) is 11.8. The summed E-state index contributed by atoms with van der Waals surface area (Å²) in [6.45, 7) is 0.272. The minimum absolute atomic E-state index is 0.136. The Morgan fingerprint density at radius 2 is 1.58 bits per heavy atom. The van der Waals surface area contributed by atoms with Crippen LogP contribution < -0.4 is 10.9 Å². The van der Waals surface area contributed by atoms with Crippen molar-refractivity contribution in [3.05, 3.63) is 65.7 Å². The van der Waals surface area contributed by atoms with Gasteiger partial charge in [-0.3, -0.25) is 20.4 Å². The second-order valence-corrected chi connectivity index (χ2v) is 8.95. The van der Waals surface area contributed by atoms with Crippen LogP contribution in [0.4, 0.5) is 13.2 Å². The van der Waals surface area contributed by atoms with Gasteiger partial charge in [0.05, 0.1) is 10.5 Å². The molecule has 0 unspecified atom stereocenters. The smallest absolute Gasteiger partial charge is 0.273 e. The molecule has 1 heterocycles. The van der Waals surface area contributed by atoms with Gasteiger partial charge in [-0.25, -0.2) is 8.42 Å². The fourth-order valence-electron chi connectivity index (χ4n) is 3.23. The first-order valence-electron chi connectivity index (χ1n) is 9.41. The molecule has 1 aliphatic heterocycles. The number of amides is 2. The molecular weight excluding hydrogens is 435 g/mol. The largest absolute Gasteiger partial charge is 0.416 e. The van der Waals surface area contributed by atoms with Crippen LogP contribution in [0.2, 0.25) is 0 Å². The van der Waals surface area contributed by atoms with Gasteiger partial charge >= 0.3 is 6.18 Å². The molecule has 3 rings (SSSR count). The number of nitrogens with one attached hydrogen (secondary N) is 2. The molecule has 2 N–H and O–H groups in total. The van der Waals surface area contributed by atoms with E-state index in [9.17, 15) is 31.2 Å². The van der Waals surface area contributed by atoms with E-state index in [1.165, 1.54) is 22.5 Å². The summed E-state index contributed by atoms with van der Waals surface area (Å²) in [5, 5.41) is 0. The number of rotatable bonds is 4. The molecule has 7 nitrogen and oxygen atoms in total. The van der Waals surface area contributed by atoms with Crippen molar-refractivity contribution in [1.82, 2.24) is 15.2 Å². The van der Waals surface area contributed by atoms with Crippen molar-refractivity contribution >= 4 is 21.8 Å². The lowest BCUT2D eigenvalue weighted by Crippen LogP contribution is -2.48. The van der Waals surface area contributed by atoms with Crippen LogP contribution in [0.3, 0.4) is 0 Å². The Morgan fingerprint density at radius 3 is 2.19 bits per heavy atom. The lowest BCUT2D eigenvalue weighted by atomic mass is 9.98. The number of nitrogens with zero attached hydrogens (tertiary/aromatic N) is 1. The molecule has 0 radical (unpaired) electrons. The molecule has 0 spiro atoms. The van der Waals surface area contributed by atoms with E-state index in [1.807, 2.05) is 0 Å². The van der Waals surface area contributed by atoms with Crippen molar-refractivity contribution in [3.63, 3.8) is 0 Å². The summed E-state index contributed by atoms with van der Waals surface area (Å²) >= 11 is 0. The average molecular weight is 455 g/mol. The Bertz CT molecular complexity index is 1050. The van der Waals surface area contributed by atoms with Crippen LogP contribution in [0.25, 0.3) is 0 Å². The summed E-state index contributed by atoms with van der Waals surface area (Å²) in [6.07, 6.45) is -4.09. The number of benzene rings is 2. The molecule has 1 saturated heterocycles. The van der Waals surface area contributed by atoms with Crippen LogP contribution in [0.5, 0.6) is 0 Å². The Labute approximate surface area is 177 Å². The minimum Gasteiger partial charge on any atom is -0.273 e. The van der Waals surface area contributed by atoms with Crippen molar-refractivity contribution in [2.75, 3.05) is 13.1 Å². The number of alkyl halides is 3. The minimum atomic E-state index is -4.59. The number of halogens is 3. The standard InChI is InChI=1S/C20H20F3N3O4S/c21-20(22,23)16-6-4-5-15(13-16)19(28)25-24-18(27)14-9-11-26(12-10-14)31(29,30)17-7-2-1-3-8-17/h1-8,13-14H,9-12H2,(H,24,27)(H,25,28). The maximum absolute atomic E-state index is 12.8. The van der Waals surface area contributed by atoms with Gasteiger partial charge in [-0.15, -0.1) is 0 Å². The van der Waals surface area contributed by atoms with Crippen molar-refractivity contribution in [2.24, 2.45) is 5.92 Å². The van der Waals surface area contributed by atoms with Crippen LogP contribution in [-0.4, -0.2) is 37.6 Å². The number of hydrazine groups is 1. The zero-order valence-electron chi connectivity index (χ0n) is 16.2. The van der Waals surface area contributed by atoms with Gasteiger partial charge in [0.1, 0.15) is 0 Å². The highest BCUT2D eigenvalue weighted by molar-refractivity contribution is 7.89. The van der Waals surface area contributed by atoms with Gasteiger partial charge in [-0.1, -0.05) is 24.3 Å². The molecule has 0 saturated carbocycles. The van der Waals surface area contributed by atoms with Crippen molar-refractivity contribution in [1.29, 1.82) is 0 Å². The maximum atomic E-state index is 12.8. The highest BCUT2D eigenvalue weighted by atomic mass is 32.2. The van der Waals surface area contributed by atoms with E-state index in [0.717, 1.165) is 12.1 Å². The second kappa shape index (κ2) is 9.06. The van der Waals surface area contributed by atoms with Crippen molar-refractivity contribution in [2.45, 2.75) is 23.9 Å². The topological polar surface area (TPSA) is 95.6 Å². The first kappa shape index (κ1) is 22.8. The Kier molecular flexibility index (Phi) is 6.65. The van der Waals surface area contributed by atoms with Gasteiger partial charge in [0.15, 0.2) is 0 Å². The molecule has 0 aromatic heterocycles. The monoisotopic (exact) mass is 455 g/mol. The maximum Gasteiger partial charge on any atom is 0.416 e. The highest BCUT2D eigenvalue weighted by Crippen LogP contribution is 2.29. The fraction of sp³-hybridized carbons (Fsp3) is 0.300. The molecule has 11 heteroatoms. The number of hydrogen-bond donors (Lipinski definition) is 2. The number of sulfonamides is 1. The summed E-state index contributed by atoms with van der Waals surface area (Å²) in [5.74, 6) is -1.95. The first-order chi connectivity index (χ1) is 14.6. The lowest BCUT2D eigenvalue weighted by molar-refractivity contribution is -0.137. The quantitative estimate of drug-likeness (QED) is 0.693. The third-order valence-electron chi connectivity index (χ3n) is 4.96. The van der Waals surface area contributed by atoms with E-state index in [1.54, 1.807) is 18.2 Å². The molecule has 1 aliphatic rings. The van der Waals surface area contributed by atoms with E-state index < -0.39 is 39.5 Å². The normalized spacial score (nSPS) is 16.0. The van der Waals surface area contributed by atoms with Gasteiger partial charge in [0, 0.05) is 24.6 Å². The van der Waals surface area contributed by atoms with Gasteiger partial charge in [-0.05, 0) is 43.2 Å². The average Bonchev–Trinajstić information content (AvgIpc) is 2.77.